The number of pyridine rings is 2. The van der Waals surface area contributed by atoms with Crippen molar-refractivity contribution in [1.82, 2.24) is 14.5 Å². The highest BCUT2D eigenvalue weighted by molar-refractivity contribution is 5.96. The first-order chi connectivity index (χ1) is 14.0. The smallest absolute Gasteiger partial charge is 0.268 e. The van der Waals surface area contributed by atoms with Crippen LogP contribution in [0.5, 0.6) is 0 Å². The number of amides is 1. The van der Waals surface area contributed by atoms with Gasteiger partial charge < -0.3 is 4.90 Å². The summed E-state index contributed by atoms with van der Waals surface area (Å²) in [6, 6.07) is 15.6. The summed E-state index contributed by atoms with van der Waals surface area (Å²) in [7, 11) is 0. The van der Waals surface area contributed by atoms with Crippen LogP contribution in [0.3, 0.4) is 0 Å². The second-order valence-electron chi connectivity index (χ2n) is 7.96. The van der Waals surface area contributed by atoms with Crippen molar-refractivity contribution in [3.05, 3.63) is 93.7 Å². The Bertz CT molecular complexity index is 1100. The molecule has 0 spiro atoms. The van der Waals surface area contributed by atoms with Crippen molar-refractivity contribution in [3.63, 3.8) is 0 Å². The van der Waals surface area contributed by atoms with E-state index >= 15 is 0 Å². The summed E-state index contributed by atoms with van der Waals surface area (Å²) < 4.78 is 1.57. The molecule has 5 nitrogen and oxygen atoms in total. The van der Waals surface area contributed by atoms with E-state index in [0.29, 0.717) is 24.6 Å². The van der Waals surface area contributed by atoms with Gasteiger partial charge >= 0.3 is 0 Å². The van der Waals surface area contributed by atoms with Crippen LogP contribution in [0.4, 0.5) is 0 Å². The number of benzene rings is 1. The molecule has 1 saturated heterocycles. The van der Waals surface area contributed by atoms with Crippen LogP contribution in [0, 0.1) is 6.92 Å². The van der Waals surface area contributed by atoms with Gasteiger partial charge in [0.2, 0.25) is 0 Å². The molecule has 1 aliphatic heterocycles. The van der Waals surface area contributed by atoms with Gasteiger partial charge in [-0.05, 0) is 54.3 Å². The van der Waals surface area contributed by atoms with Crippen molar-refractivity contribution >= 4 is 5.91 Å². The van der Waals surface area contributed by atoms with Crippen molar-refractivity contribution in [3.8, 4) is 5.69 Å². The number of rotatable bonds is 4. The van der Waals surface area contributed by atoms with Crippen molar-refractivity contribution in [2.24, 2.45) is 0 Å². The van der Waals surface area contributed by atoms with Crippen molar-refractivity contribution in [2.75, 3.05) is 13.1 Å². The number of carbonyl (C=O) groups excluding carboxylic acids is 1. The van der Waals surface area contributed by atoms with Crippen molar-refractivity contribution in [1.29, 1.82) is 0 Å². The molecular weight excluding hydrogens is 362 g/mol. The largest absolute Gasteiger partial charge is 0.337 e. The van der Waals surface area contributed by atoms with Gasteiger partial charge in [-0.2, -0.15) is 0 Å². The zero-order valence-corrected chi connectivity index (χ0v) is 17.0. The molecule has 2 aromatic heterocycles. The molecule has 4 rings (SSSR count). The number of aryl methyl sites for hydroxylation is 1. The first-order valence-electron chi connectivity index (χ1n) is 9.98. The molecule has 0 unspecified atom stereocenters. The lowest BCUT2D eigenvalue weighted by Gasteiger charge is -2.39. The number of nitrogens with zero attached hydrogens (tertiary/aromatic N) is 3. The van der Waals surface area contributed by atoms with E-state index in [9.17, 15) is 9.59 Å². The van der Waals surface area contributed by atoms with E-state index in [1.54, 1.807) is 21.9 Å². The van der Waals surface area contributed by atoms with Gasteiger partial charge in [0.05, 0.1) is 0 Å². The Morgan fingerprint density at radius 2 is 1.90 bits per heavy atom. The first kappa shape index (κ1) is 19.1. The Hall–Kier alpha value is -3.21. The Morgan fingerprint density at radius 3 is 2.59 bits per heavy atom. The van der Waals surface area contributed by atoms with Gasteiger partial charge in [-0.25, -0.2) is 0 Å². The molecule has 148 valence electrons. The highest BCUT2D eigenvalue weighted by Gasteiger charge is 2.34. The van der Waals surface area contributed by atoms with Crippen LogP contribution >= 0.6 is 0 Å². The van der Waals surface area contributed by atoms with Gasteiger partial charge in [-0.3, -0.25) is 19.1 Å². The molecule has 29 heavy (non-hydrogen) atoms. The van der Waals surface area contributed by atoms with Crippen LogP contribution in [-0.2, 0) is 0 Å². The fourth-order valence-corrected chi connectivity index (χ4v) is 3.73. The second kappa shape index (κ2) is 7.66. The third-order valence-electron chi connectivity index (χ3n) is 5.60. The summed E-state index contributed by atoms with van der Waals surface area (Å²) in [5, 5.41) is 0. The van der Waals surface area contributed by atoms with Crippen molar-refractivity contribution in [2.45, 2.75) is 32.6 Å². The minimum absolute atomic E-state index is 0.200. The lowest BCUT2D eigenvalue weighted by atomic mass is 9.94. The van der Waals surface area contributed by atoms with E-state index < -0.39 is 0 Å². The molecule has 0 atom stereocenters. The molecule has 1 fully saturated rings. The maximum Gasteiger partial charge on any atom is 0.268 e. The molecule has 3 aromatic rings. The number of aromatic nitrogens is 2. The number of carbonyl (C=O) groups is 1. The lowest BCUT2D eigenvalue weighted by Crippen LogP contribution is -2.50. The average Bonchev–Trinajstić information content (AvgIpc) is 2.68. The fraction of sp³-hybridized carbons (Fsp3) is 0.292. The number of hydrogen-bond donors (Lipinski definition) is 0. The summed E-state index contributed by atoms with van der Waals surface area (Å²) >= 11 is 0. The molecule has 3 heterocycles. The highest BCUT2D eigenvalue weighted by Crippen LogP contribution is 2.27. The molecule has 1 aromatic carbocycles. The monoisotopic (exact) mass is 387 g/mol. The minimum atomic E-state index is -0.266. The van der Waals surface area contributed by atoms with E-state index in [-0.39, 0.29) is 22.9 Å². The Balaban J connectivity index is 1.62. The van der Waals surface area contributed by atoms with E-state index in [0.717, 1.165) is 16.9 Å². The molecule has 0 bridgehead atoms. The van der Waals surface area contributed by atoms with Gasteiger partial charge in [-0.1, -0.05) is 32.0 Å². The van der Waals surface area contributed by atoms with Gasteiger partial charge in [0, 0.05) is 42.8 Å². The van der Waals surface area contributed by atoms with Gasteiger partial charge in [-0.15, -0.1) is 0 Å². The van der Waals surface area contributed by atoms with E-state index in [1.165, 1.54) is 0 Å². The summed E-state index contributed by atoms with van der Waals surface area (Å²) in [6.45, 7) is 7.24. The lowest BCUT2D eigenvalue weighted by molar-refractivity contribution is 0.0595. The topological polar surface area (TPSA) is 55.2 Å². The third kappa shape index (κ3) is 3.60. The SMILES string of the molecule is Cc1ccn(-c2cccc(C(C)C)c2)c(=O)c1C(=O)N1CC(c2ccccn2)C1. The van der Waals surface area contributed by atoms with Gasteiger partial charge in [0.15, 0.2) is 0 Å². The number of likely N-dealkylation sites (tertiary alicyclic amines) is 1. The fourth-order valence-electron chi connectivity index (χ4n) is 3.73. The zero-order chi connectivity index (χ0) is 20.5. The summed E-state index contributed by atoms with van der Waals surface area (Å²) in [5.74, 6) is 0.394. The van der Waals surface area contributed by atoms with Crippen LogP contribution < -0.4 is 5.56 Å². The molecule has 0 N–H and O–H groups in total. The number of hydrogen-bond acceptors (Lipinski definition) is 3. The Morgan fingerprint density at radius 1 is 1.10 bits per heavy atom. The van der Waals surface area contributed by atoms with Crippen LogP contribution in [0.25, 0.3) is 5.69 Å². The predicted octanol–water partition coefficient (Wildman–Crippen LogP) is 3.90. The third-order valence-corrected chi connectivity index (χ3v) is 5.60. The van der Waals surface area contributed by atoms with Crippen LogP contribution in [-0.4, -0.2) is 33.4 Å². The molecule has 0 radical (unpaired) electrons. The Kier molecular flexibility index (Phi) is 5.05. The van der Waals surface area contributed by atoms with Crippen LogP contribution in [0.2, 0.25) is 0 Å². The molecule has 1 amide bonds. The van der Waals surface area contributed by atoms with Crippen molar-refractivity contribution < 1.29 is 4.79 Å². The predicted molar refractivity (Wildman–Crippen MR) is 114 cm³/mol. The molecule has 1 aliphatic rings. The maximum atomic E-state index is 13.2. The van der Waals surface area contributed by atoms with E-state index in [2.05, 4.69) is 24.9 Å². The highest BCUT2D eigenvalue weighted by atomic mass is 16.2. The van der Waals surface area contributed by atoms with E-state index in [4.69, 9.17) is 0 Å². The average molecular weight is 387 g/mol. The Labute approximate surface area is 170 Å². The maximum absolute atomic E-state index is 13.2. The summed E-state index contributed by atoms with van der Waals surface area (Å²) in [6.07, 6.45) is 3.52. The van der Waals surface area contributed by atoms with Gasteiger partial charge in [0.25, 0.3) is 11.5 Å². The molecule has 5 heteroatoms. The first-order valence-corrected chi connectivity index (χ1v) is 9.98. The molecular formula is C24H25N3O2. The standard InChI is InChI=1S/C24H25N3O2/c1-16(2)18-7-6-8-20(13-18)27-12-10-17(3)22(24(27)29)23(28)26-14-19(15-26)21-9-4-5-11-25-21/h4-13,16,19H,14-15H2,1-3H3. The molecule has 0 aliphatic carbocycles. The van der Waals surface area contributed by atoms with E-state index in [1.807, 2.05) is 49.4 Å². The van der Waals surface area contributed by atoms with Crippen LogP contribution in [0.15, 0.2) is 65.7 Å². The quantitative estimate of drug-likeness (QED) is 0.682. The van der Waals surface area contributed by atoms with Crippen LogP contribution in [0.1, 0.15) is 52.9 Å². The normalized spacial score (nSPS) is 14.1. The van der Waals surface area contributed by atoms with Gasteiger partial charge in [0.1, 0.15) is 5.56 Å². The zero-order valence-electron chi connectivity index (χ0n) is 17.0. The minimum Gasteiger partial charge on any atom is -0.337 e. The second-order valence-corrected chi connectivity index (χ2v) is 7.96. The summed E-state index contributed by atoms with van der Waals surface area (Å²) in [4.78, 5) is 32.4. The molecule has 0 saturated carbocycles. The summed E-state index contributed by atoms with van der Waals surface area (Å²) in [5.41, 5.74) is 3.62.